The largest absolute Gasteiger partial charge is 0.443 e. The van der Waals surface area contributed by atoms with Crippen LogP contribution in [-0.2, 0) is 0 Å². The Morgan fingerprint density at radius 1 is 1.30 bits per heavy atom. The number of aromatic nitrogens is 1. The van der Waals surface area contributed by atoms with Crippen LogP contribution in [0.2, 0.25) is 5.02 Å². The standard InChI is InChI=1S/C15H11ClN2O2/c1-9-11(16)3-2-4-12(9)18-15(19)10-5-6-13-14(7-10)20-8-17-13/h2-8H,1H3,(H,18,19). The Bertz CT molecular complexity index is 795. The summed E-state index contributed by atoms with van der Waals surface area (Å²) >= 11 is 6.03. The Morgan fingerprint density at radius 2 is 2.15 bits per heavy atom. The van der Waals surface area contributed by atoms with Crippen molar-refractivity contribution >= 4 is 34.3 Å². The molecule has 0 saturated carbocycles. The maximum atomic E-state index is 12.2. The molecule has 2 aromatic carbocycles. The van der Waals surface area contributed by atoms with Gasteiger partial charge < -0.3 is 9.73 Å². The number of fused-ring (bicyclic) bond motifs is 1. The van der Waals surface area contributed by atoms with Crippen LogP contribution in [0.4, 0.5) is 5.69 Å². The van der Waals surface area contributed by atoms with Gasteiger partial charge in [0.25, 0.3) is 5.91 Å². The normalized spacial score (nSPS) is 10.7. The Hall–Kier alpha value is -2.33. The Kier molecular flexibility index (Phi) is 3.16. The van der Waals surface area contributed by atoms with Gasteiger partial charge in [0.15, 0.2) is 12.0 Å². The molecule has 0 aliphatic rings. The van der Waals surface area contributed by atoms with Gasteiger partial charge in [-0.15, -0.1) is 0 Å². The first-order chi connectivity index (χ1) is 9.65. The van der Waals surface area contributed by atoms with E-state index in [1.165, 1.54) is 6.39 Å². The minimum atomic E-state index is -0.214. The molecule has 1 heterocycles. The molecule has 3 aromatic rings. The van der Waals surface area contributed by atoms with E-state index in [9.17, 15) is 4.79 Å². The Balaban J connectivity index is 1.90. The number of hydrogen-bond acceptors (Lipinski definition) is 3. The summed E-state index contributed by atoms with van der Waals surface area (Å²) in [7, 11) is 0. The fraction of sp³-hybridized carbons (Fsp3) is 0.0667. The predicted molar refractivity (Wildman–Crippen MR) is 78.2 cm³/mol. The Labute approximate surface area is 120 Å². The third-order valence-electron chi connectivity index (χ3n) is 3.11. The second-order valence-electron chi connectivity index (χ2n) is 4.40. The lowest BCUT2D eigenvalue weighted by Crippen LogP contribution is -2.12. The van der Waals surface area contributed by atoms with Crippen molar-refractivity contribution in [2.75, 3.05) is 5.32 Å². The molecule has 3 rings (SSSR count). The van der Waals surface area contributed by atoms with Crippen molar-refractivity contribution in [1.82, 2.24) is 4.98 Å². The van der Waals surface area contributed by atoms with Crippen LogP contribution in [0.25, 0.3) is 11.1 Å². The molecular weight excluding hydrogens is 276 g/mol. The van der Waals surface area contributed by atoms with Crippen LogP contribution in [0.15, 0.2) is 47.2 Å². The van der Waals surface area contributed by atoms with Gasteiger partial charge in [0.2, 0.25) is 0 Å². The quantitative estimate of drug-likeness (QED) is 0.773. The third kappa shape index (κ3) is 2.26. The van der Waals surface area contributed by atoms with Crippen molar-refractivity contribution in [3.63, 3.8) is 0 Å². The lowest BCUT2D eigenvalue weighted by atomic mass is 10.1. The predicted octanol–water partition coefficient (Wildman–Crippen LogP) is 4.04. The maximum Gasteiger partial charge on any atom is 0.255 e. The second kappa shape index (κ2) is 4.98. The molecule has 1 N–H and O–H groups in total. The number of benzene rings is 2. The van der Waals surface area contributed by atoms with Gasteiger partial charge in [0, 0.05) is 16.3 Å². The SMILES string of the molecule is Cc1c(Cl)cccc1NC(=O)c1ccc2ncoc2c1. The van der Waals surface area contributed by atoms with Gasteiger partial charge in [-0.05, 0) is 42.8 Å². The van der Waals surface area contributed by atoms with Gasteiger partial charge in [0.1, 0.15) is 5.52 Å². The molecule has 20 heavy (non-hydrogen) atoms. The van der Waals surface area contributed by atoms with Crippen LogP contribution < -0.4 is 5.32 Å². The minimum Gasteiger partial charge on any atom is -0.443 e. The molecular formula is C15H11ClN2O2. The average Bonchev–Trinajstić information content (AvgIpc) is 2.91. The highest BCUT2D eigenvalue weighted by Crippen LogP contribution is 2.24. The second-order valence-corrected chi connectivity index (χ2v) is 4.81. The monoisotopic (exact) mass is 286 g/mol. The van der Waals surface area contributed by atoms with Crippen molar-refractivity contribution in [2.24, 2.45) is 0 Å². The van der Waals surface area contributed by atoms with Crippen LogP contribution in [0, 0.1) is 6.92 Å². The first-order valence-electron chi connectivity index (χ1n) is 6.05. The van der Waals surface area contributed by atoms with E-state index in [0.29, 0.717) is 21.9 Å². The number of anilines is 1. The van der Waals surface area contributed by atoms with Crippen LogP contribution in [0.5, 0.6) is 0 Å². The van der Waals surface area contributed by atoms with E-state index in [-0.39, 0.29) is 5.91 Å². The van der Waals surface area contributed by atoms with Crippen molar-refractivity contribution in [1.29, 1.82) is 0 Å². The number of halogens is 1. The summed E-state index contributed by atoms with van der Waals surface area (Å²) < 4.78 is 5.19. The number of carbonyl (C=O) groups excluding carboxylic acids is 1. The third-order valence-corrected chi connectivity index (χ3v) is 3.52. The first-order valence-corrected chi connectivity index (χ1v) is 6.42. The van der Waals surface area contributed by atoms with E-state index in [1.54, 1.807) is 30.3 Å². The number of carbonyl (C=O) groups is 1. The van der Waals surface area contributed by atoms with Gasteiger partial charge in [-0.2, -0.15) is 0 Å². The molecule has 0 fully saturated rings. The molecule has 0 spiro atoms. The summed E-state index contributed by atoms with van der Waals surface area (Å²) in [5.74, 6) is -0.214. The molecule has 0 aliphatic carbocycles. The van der Waals surface area contributed by atoms with Gasteiger partial charge in [-0.3, -0.25) is 4.79 Å². The molecule has 5 heteroatoms. The fourth-order valence-corrected chi connectivity index (χ4v) is 2.11. The summed E-state index contributed by atoms with van der Waals surface area (Å²) in [4.78, 5) is 16.2. The number of nitrogens with one attached hydrogen (secondary N) is 1. The van der Waals surface area contributed by atoms with Crippen molar-refractivity contribution in [3.8, 4) is 0 Å². The lowest BCUT2D eigenvalue weighted by molar-refractivity contribution is 0.102. The fourth-order valence-electron chi connectivity index (χ4n) is 1.93. The van der Waals surface area contributed by atoms with Gasteiger partial charge in [0.05, 0.1) is 0 Å². The van der Waals surface area contributed by atoms with Gasteiger partial charge in [-0.1, -0.05) is 17.7 Å². The molecule has 0 bridgehead atoms. The molecule has 4 nitrogen and oxygen atoms in total. The van der Waals surface area contributed by atoms with E-state index in [0.717, 1.165) is 11.1 Å². The van der Waals surface area contributed by atoms with Crippen molar-refractivity contribution in [2.45, 2.75) is 6.92 Å². The maximum absolute atomic E-state index is 12.2. The van der Waals surface area contributed by atoms with Crippen LogP contribution in [0.1, 0.15) is 15.9 Å². The van der Waals surface area contributed by atoms with E-state index in [4.69, 9.17) is 16.0 Å². The van der Waals surface area contributed by atoms with Crippen LogP contribution >= 0.6 is 11.6 Å². The van der Waals surface area contributed by atoms with Crippen molar-refractivity contribution in [3.05, 3.63) is 58.9 Å². The highest BCUT2D eigenvalue weighted by atomic mass is 35.5. The Morgan fingerprint density at radius 3 is 3.00 bits per heavy atom. The molecule has 0 unspecified atom stereocenters. The minimum absolute atomic E-state index is 0.214. The zero-order chi connectivity index (χ0) is 14.1. The summed E-state index contributed by atoms with van der Waals surface area (Å²) in [5, 5.41) is 3.46. The average molecular weight is 287 g/mol. The number of hydrogen-bond donors (Lipinski definition) is 1. The topological polar surface area (TPSA) is 55.1 Å². The number of nitrogens with zero attached hydrogens (tertiary/aromatic N) is 1. The van der Waals surface area contributed by atoms with E-state index >= 15 is 0 Å². The zero-order valence-electron chi connectivity index (χ0n) is 10.7. The smallest absolute Gasteiger partial charge is 0.255 e. The first kappa shape index (κ1) is 12.7. The molecule has 1 aromatic heterocycles. The lowest BCUT2D eigenvalue weighted by Gasteiger charge is -2.09. The van der Waals surface area contributed by atoms with Gasteiger partial charge >= 0.3 is 0 Å². The van der Waals surface area contributed by atoms with Gasteiger partial charge in [-0.25, -0.2) is 4.98 Å². The van der Waals surface area contributed by atoms with E-state index in [2.05, 4.69) is 10.3 Å². The molecule has 0 radical (unpaired) electrons. The molecule has 1 amide bonds. The molecule has 0 atom stereocenters. The van der Waals surface area contributed by atoms with E-state index < -0.39 is 0 Å². The molecule has 0 aliphatic heterocycles. The number of oxazole rings is 1. The highest BCUT2D eigenvalue weighted by Gasteiger charge is 2.10. The van der Waals surface area contributed by atoms with Crippen molar-refractivity contribution < 1.29 is 9.21 Å². The summed E-state index contributed by atoms with van der Waals surface area (Å²) in [5.41, 5.74) is 3.35. The van der Waals surface area contributed by atoms with Crippen LogP contribution in [-0.4, -0.2) is 10.9 Å². The van der Waals surface area contributed by atoms with Crippen LogP contribution in [0.3, 0.4) is 0 Å². The number of rotatable bonds is 2. The van der Waals surface area contributed by atoms with E-state index in [1.807, 2.05) is 13.0 Å². The summed E-state index contributed by atoms with van der Waals surface area (Å²) in [6, 6.07) is 10.5. The summed E-state index contributed by atoms with van der Waals surface area (Å²) in [6.45, 7) is 1.86. The highest BCUT2D eigenvalue weighted by molar-refractivity contribution is 6.31. The summed E-state index contributed by atoms with van der Waals surface area (Å²) in [6.07, 6.45) is 1.35. The number of amides is 1. The zero-order valence-corrected chi connectivity index (χ0v) is 11.4. The molecule has 0 saturated heterocycles. The molecule has 100 valence electrons.